The topological polar surface area (TPSA) is 70.6 Å². The van der Waals surface area contributed by atoms with Crippen LogP contribution in [0, 0.1) is 12.8 Å². The van der Waals surface area contributed by atoms with Gasteiger partial charge >= 0.3 is 0 Å². The molecule has 2 aliphatic rings. The molecule has 142 valence electrons. The molecule has 2 aromatic rings. The van der Waals surface area contributed by atoms with Crippen molar-refractivity contribution in [2.45, 2.75) is 19.8 Å². The Morgan fingerprint density at radius 3 is 2.44 bits per heavy atom. The van der Waals surface area contributed by atoms with Crippen LogP contribution in [-0.4, -0.2) is 54.1 Å². The summed E-state index contributed by atoms with van der Waals surface area (Å²) in [6.07, 6.45) is 2.11. The van der Waals surface area contributed by atoms with Gasteiger partial charge in [-0.15, -0.1) is 0 Å². The van der Waals surface area contributed by atoms with Crippen LogP contribution in [0.15, 0.2) is 30.3 Å². The van der Waals surface area contributed by atoms with Crippen molar-refractivity contribution in [2.24, 2.45) is 5.92 Å². The van der Waals surface area contributed by atoms with Gasteiger partial charge in [0, 0.05) is 49.5 Å². The maximum absolute atomic E-state index is 12.2. The van der Waals surface area contributed by atoms with Crippen molar-refractivity contribution in [1.29, 1.82) is 0 Å². The molecule has 1 saturated carbocycles. The minimum atomic E-state index is 0.284. The molecule has 1 aromatic heterocycles. The Balaban J connectivity index is 1.43. The quantitative estimate of drug-likeness (QED) is 0.876. The molecule has 0 bridgehead atoms. The van der Waals surface area contributed by atoms with Gasteiger partial charge in [0.25, 0.3) is 0 Å². The molecule has 1 amide bonds. The van der Waals surface area contributed by atoms with E-state index in [1.807, 2.05) is 42.2 Å². The van der Waals surface area contributed by atoms with Crippen molar-refractivity contribution < 1.29 is 9.53 Å². The lowest BCUT2D eigenvalue weighted by Gasteiger charge is -2.35. The second-order valence-corrected chi connectivity index (χ2v) is 7.13. The number of methoxy groups -OCH3 is 1. The zero-order valence-electron chi connectivity index (χ0n) is 15.8. The fraction of sp³-hybridized carbons (Fsp3) is 0.450. The lowest BCUT2D eigenvalue weighted by atomic mass is 10.2. The summed E-state index contributed by atoms with van der Waals surface area (Å²) in [6.45, 7) is 4.99. The van der Waals surface area contributed by atoms with Crippen molar-refractivity contribution in [3.05, 3.63) is 36.0 Å². The van der Waals surface area contributed by atoms with Crippen molar-refractivity contribution >= 4 is 23.4 Å². The standard InChI is InChI=1S/C20H25N5O2/c1-14-13-18(22-16-5-7-17(27-2)8-6-16)23-20(21-14)25-11-9-24(10-12-25)19(26)15-3-4-15/h5-8,13,15H,3-4,9-12H2,1-2H3,(H,21,22,23). The highest BCUT2D eigenvalue weighted by Gasteiger charge is 2.34. The van der Waals surface area contributed by atoms with Crippen molar-refractivity contribution in [3.8, 4) is 5.75 Å². The molecule has 0 atom stereocenters. The van der Waals surface area contributed by atoms with Gasteiger partial charge in [-0.05, 0) is 44.0 Å². The van der Waals surface area contributed by atoms with Crippen LogP contribution < -0.4 is 15.0 Å². The molecular formula is C20H25N5O2. The molecule has 2 heterocycles. The number of rotatable bonds is 5. The van der Waals surface area contributed by atoms with Gasteiger partial charge < -0.3 is 19.9 Å². The Morgan fingerprint density at radius 1 is 1.11 bits per heavy atom. The maximum Gasteiger partial charge on any atom is 0.227 e. The normalized spacial score (nSPS) is 17.0. The number of hydrogen-bond donors (Lipinski definition) is 1. The fourth-order valence-corrected chi connectivity index (χ4v) is 3.30. The third-order valence-corrected chi connectivity index (χ3v) is 5.01. The Kier molecular flexibility index (Phi) is 4.83. The molecule has 2 fully saturated rings. The minimum Gasteiger partial charge on any atom is -0.497 e. The smallest absolute Gasteiger partial charge is 0.227 e. The number of aryl methyl sites for hydroxylation is 1. The number of ether oxygens (including phenoxy) is 1. The summed E-state index contributed by atoms with van der Waals surface area (Å²) in [6, 6.07) is 9.66. The predicted octanol–water partition coefficient (Wildman–Crippen LogP) is 2.60. The van der Waals surface area contributed by atoms with E-state index in [2.05, 4.69) is 20.2 Å². The van der Waals surface area contributed by atoms with Gasteiger partial charge in [0.2, 0.25) is 11.9 Å². The highest BCUT2D eigenvalue weighted by molar-refractivity contribution is 5.81. The van der Waals surface area contributed by atoms with E-state index in [4.69, 9.17) is 4.74 Å². The highest BCUT2D eigenvalue weighted by atomic mass is 16.5. The van der Waals surface area contributed by atoms with Gasteiger partial charge in [0.1, 0.15) is 11.6 Å². The van der Waals surface area contributed by atoms with Gasteiger partial charge in [0.15, 0.2) is 0 Å². The zero-order chi connectivity index (χ0) is 18.8. The second kappa shape index (κ2) is 7.42. The molecule has 1 aliphatic heterocycles. The van der Waals surface area contributed by atoms with Crippen LogP contribution in [0.5, 0.6) is 5.75 Å². The molecule has 1 aliphatic carbocycles. The molecule has 7 nitrogen and oxygen atoms in total. The number of aromatic nitrogens is 2. The van der Waals surface area contributed by atoms with Crippen LogP contribution in [0.25, 0.3) is 0 Å². The average molecular weight is 367 g/mol. The van der Waals surface area contributed by atoms with E-state index in [1.54, 1.807) is 7.11 Å². The Labute approximate surface area is 159 Å². The van der Waals surface area contributed by atoms with E-state index in [0.717, 1.165) is 62.0 Å². The van der Waals surface area contributed by atoms with Crippen LogP contribution in [-0.2, 0) is 4.79 Å². The van der Waals surface area contributed by atoms with Gasteiger partial charge in [-0.1, -0.05) is 0 Å². The summed E-state index contributed by atoms with van der Waals surface area (Å²) < 4.78 is 5.19. The highest BCUT2D eigenvalue weighted by Crippen LogP contribution is 2.31. The molecule has 0 spiro atoms. The van der Waals surface area contributed by atoms with Crippen molar-refractivity contribution in [3.63, 3.8) is 0 Å². The number of carbonyl (C=O) groups excluding carboxylic acids is 1. The summed E-state index contributed by atoms with van der Waals surface area (Å²) in [5.74, 6) is 2.90. The number of anilines is 3. The maximum atomic E-state index is 12.2. The minimum absolute atomic E-state index is 0.284. The van der Waals surface area contributed by atoms with Crippen molar-refractivity contribution in [2.75, 3.05) is 43.5 Å². The van der Waals surface area contributed by atoms with E-state index in [0.29, 0.717) is 11.9 Å². The van der Waals surface area contributed by atoms with E-state index in [1.165, 1.54) is 0 Å². The number of benzene rings is 1. The van der Waals surface area contributed by atoms with Crippen LogP contribution in [0.1, 0.15) is 18.5 Å². The van der Waals surface area contributed by atoms with E-state index < -0.39 is 0 Å². The third-order valence-electron chi connectivity index (χ3n) is 5.01. The molecule has 1 N–H and O–H groups in total. The monoisotopic (exact) mass is 367 g/mol. The Hall–Kier alpha value is -2.83. The number of carbonyl (C=O) groups is 1. The molecule has 0 radical (unpaired) electrons. The van der Waals surface area contributed by atoms with Crippen LogP contribution >= 0.6 is 0 Å². The van der Waals surface area contributed by atoms with Crippen molar-refractivity contribution in [1.82, 2.24) is 14.9 Å². The summed E-state index contributed by atoms with van der Waals surface area (Å²) >= 11 is 0. The molecule has 1 saturated heterocycles. The first kappa shape index (κ1) is 17.6. The molecule has 27 heavy (non-hydrogen) atoms. The van der Waals surface area contributed by atoms with Gasteiger partial charge in [0.05, 0.1) is 7.11 Å². The summed E-state index contributed by atoms with van der Waals surface area (Å²) in [7, 11) is 1.65. The molecule has 1 aromatic carbocycles. The lowest BCUT2D eigenvalue weighted by molar-refractivity contribution is -0.132. The van der Waals surface area contributed by atoms with E-state index in [-0.39, 0.29) is 5.92 Å². The molecule has 0 unspecified atom stereocenters. The van der Waals surface area contributed by atoms with Crippen LogP contribution in [0.2, 0.25) is 0 Å². The largest absolute Gasteiger partial charge is 0.497 e. The summed E-state index contributed by atoms with van der Waals surface area (Å²) in [5, 5.41) is 3.33. The third kappa shape index (κ3) is 4.13. The number of nitrogens with one attached hydrogen (secondary N) is 1. The zero-order valence-corrected chi connectivity index (χ0v) is 15.8. The second-order valence-electron chi connectivity index (χ2n) is 7.13. The van der Waals surface area contributed by atoms with E-state index >= 15 is 0 Å². The first-order chi connectivity index (χ1) is 13.1. The number of hydrogen-bond acceptors (Lipinski definition) is 6. The Morgan fingerprint density at radius 2 is 1.81 bits per heavy atom. The molecule has 4 rings (SSSR count). The first-order valence-corrected chi connectivity index (χ1v) is 9.43. The molecular weight excluding hydrogens is 342 g/mol. The van der Waals surface area contributed by atoms with Crippen LogP contribution in [0.3, 0.4) is 0 Å². The summed E-state index contributed by atoms with van der Waals surface area (Å²) in [5.41, 5.74) is 1.85. The van der Waals surface area contributed by atoms with E-state index in [9.17, 15) is 4.79 Å². The van der Waals surface area contributed by atoms with Gasteiger partial charge in [-0.2, -0.15) is 4.98 Å². The first-order valence-electron chi connectivity index (χ1n) is 9.43. The molecule has 7 heteroatoms. The average Bonchev–Trinajstić information content (AvgIpc) is 3.53. The van der Waals surface area contributed by atoms with Gasteiger partial charge in [-0.25, -0.2) is 4.98 Å². The number of nitrogens with zero attached hydrogens (tertiary/aromatic N) is 4. The lowest BCUT2D eigenvalue weighted by Crippen LogP contribution is -2.49. The summed E-state index contributed by atoms with van der Waals surface area (Å²) in [4.78, 5) is 25.6. The van der Waals surface area contributed by atoms with Gasteiger partial charge in [-0.3, -0.25) is 4.79 Å². The predicted molar refractivity (Wildman–Crippen MR) is 105 cm³/mol. The fourth-order valence-electron chi connectivity index (χ4n) is 3.30. The number of amides is 1. The van der Waals surface area contributed by atoms with Crippen LogP contribution in [0.4, 0.5) is 17.5 Å². The number of piperazine rings is 1. The Bertz CT molecular complexity index is 812. The SMILES string of the molecule is COc1ccc(Nc2cc(C)nc(N3CCN(C(=O)C4CC4)CC3)n2)cc1.